The van der Waals surface area contributed by atoms with E-state index in [0.29, 0.717) is 12.6 Å². The van der Waals surface area contributed by atoms with E-state index in [2.05, 4.69) is 17.0 Å². The summed E-state index contributed by atoms with van der Waals surface area (Å²) >= 11 is 0. The van der Waals surface area contributed by atoms with Gasteiger partial charge in [0.25, 0.3) is 0 Å². The van der Waals surface area contributed by atoms with Gasteiger partial charge in [-0.25, -0.2) is 0 Å². The third kappa shape index (κ3) is 3.28. The van der Waals surface area contributed by atoms with Gasteiger partial charge in [0.05, 0.1) is 19.9 Å². The van der Waals surface area contributed by atoms with Gasteiger partial charge in [0.1, 0.15) is 11.5 Å². The summed E-state index contributed by atoms with van der Waals surface area (Å²) in [5.74, 6) is 1.87. The van der Waals surface area contributed by atoms with Crippen LogP contribution >= 0.6 is 0 Å². The first-order valence-electron chi connectivity index (χ1n) is 7.44. The quantitative estimate of drug-likeness (QED) is 0.850. The fourth-order valence-electron chi connectivity index (χ4n) is 2.77. The first-order valence-corrected chi connectivity index (χ1v) is 7.44. The molecule has 2 aromatic rings. The number of nitrogens with two attached hydrogens (primary N) is 1. The summed E-state index contributed by atoms with van der Waals surface area (Å²) in [6.45, 7) is 1.41. The van der Waals surface area contributed by atoms with E-state index >= 15 is 0 Å². The summed E-state index contributed by atoms with van der Waals surface area (Å²) in [4.78, 5) is 2.46. The summed E-state index contributed by atoms with van der Waals surface area (Å²) in [7, 11) is 1.68. The highest BCUT2D eigenvalue weighted by Gasteiger charge is 2.34. The Morgan fingerprint density at radius 1 is 1.29 bits per heavy atom. The van der Waals surface area contributed by atoms with Crippen LogP contribution in [0.4, 0.5) is 0 Å². The van der Waals surface area contributed by atoms with Gasteiger partial charge in [0.2, 0.25) is 0 Å². The van der Waals surface area contributed by atoms with E-state index < -0.39 is 0 Å². The van der Waals surface area contributed by atoms with Crippen molar-refractivity contribution in [3.05, 3.63) is 54.0 Å². The number of nitrogens with zero attached hydrogens (tertiary/aromatic N) is 1. The number of hydrogen-bond acceptors (Lipinski definition) is 4. The maximum absolute atomic E-state index is 6.07. The van der Waals surface area contributed by atoms with Crippen LogP contribution < -0.4 is 10.5 Å². The maximum Gasteiger partial charge on any atom is 0.118 e. The highest BCUT2D eigenvalue weighted by molar-refractivity contribution is 5.29. The molecule has 0 radical (unpaired) electrons. The molecule has 1 heterocycles. The van der Waals surface area contributed by atoms with Crippen molar-refractivity contribution in [1.82, 2.24) is 4.90 Å². The summed E-state index contributed by atoms with van der Waals surface area (Å²) in [5.41, 5.74) is 7.30. The SMILES string of the molecule is COc1ccc(C(CN)N(Cc2ccco2)C2CC2)cc1. The minimum atomic E-state index is 0.216. The lowest BCUT2D eigenvalue weighted by Crippen LogP contribution is -2.35. The molecule has 0 spiro atoms. The van der Waals surface area contributed by atoms with Crippen molar-refractivity contribution >= 4 is 0 Å². The molecule has 1 saturated carbocycles. The Labute approximate surface area is 125 Å². The highest BCUT2D eigenvalue weighted by Crippen LogP contribution is 2.35. The third-order valence-electron chi connectivity index (χ3n) is 4.06. The normalized spacial score (nSPS) is 16.1. The summed E-state index contributed by atoms with van der Waals surface area (Å²) in [6, 6.07) is 13.0. The Morgan fingerprint density at radius 2 is 2.05 bits per heavy atom. The second-order valence-electron chi connectivity index (χ2n) is 5.51. The molecule has 1 aromatic heterocycles. The predicted octanol–water partition coefficient (Wildman–Crippen LogP) is 2.95. The minimum Gasteiger partial charge on any atom is -0.497 e. The molecule has 1 atom stereocenters. The van der Waals surface area contributed by atoms with E-state index in [9.17, 15) is 0 Å². The van der Waals surface area contributed by atoms with Crippen molar-refractivity contribution in [2.45, 2.75) is 31.5 Å². The van der Waals surface area contributed by atoms with Crippen molar-refractivity contribution in [2.24, 2.45) is 5.73 Å². The van der Waals surface area contributed by atoms with Crippen LogP contribution in [0.1, 0.15) is 30.2 Å². The molecule has 3 rings (SSSR count). The molecule has 1 aliphatic carbocycles. The molecule has 4 heteroatoms. The van der Waals surface area contributed by atoms with E-state index in [1.165, 1.54) is 18.4 Å². The van der Waals surface area contributed by atoms with Gasteiger partial charge in [-0.05, 0) is 42.7 Å². The van der Waals surface area contributed by atoms with Gasteiger partial charge in [-0.2, -0.15) is 0 Å². The molecule has 112 valence electrons. The predicted molar refractivity (Wildman–Crippen MR) is 82.1 cm³/mol. The zero-order valence-electron chi connectivity index (χ0n) is 12.4. The summed E-state index contributed by atoms with van der Waals surface area (Å²) in [5, 5.41) is 0. The van der Waals surface area contributed by atoms with Crippen molar-refractivity contribution in [1.29, 1.82) is 0 Å². The molecule has 1 unspecified atom stereocenters. The van der Waals surface area contributed by atoms with Crippen molar-refractivity contribution < 1.29 is 9.15 Å². The largest absolute Gasteiger partial charge is 0.497 e. The summed E-state index contributed by atoms with van der Waals surface area (Å²) in [6.07, 6.45) is 4.21. The van der Waals surface area contributed by atoms with Crippen LogP contribution in [0.25, 0.3) is 0 Å². The molecule has 2 N–H and O–H groups in total. The lowest BCUT2D eigenvalue weighted by atomic mass is 10.0. The molecular weight excluding hydrogens is 264 g/mol. The van der Waals surface area contributed by atoms with Gasteiger partial charge < -0.3 is 14.9 Å². The van der Waals surface area contributed by atoms with Crippen LogP contribution in [0.2, 0.25) is 0 Å². The van der Waals surface area contributed by atoms with Gasteiger partial charge in [0, 0.05) is 18.6 Å². The van der Waals surface area contributed by atoms with Crippen molar-refractivity contribution in [3.63, 3.8) is 0 Å². The van der Waals surface area contributed by atoms with Crippen LogP contribution in [0.15, 0.2) is 47.1 Å². The van der Waals surface area contributed by atoms with E-state index in [-0.39, 0.29) is 6.04 Å². The molecule has 1 fully saturated rings. The van der Waals surface area contributed by atoms with Crippen LogP contribution in [-0.4, -0.2) is 24.6 Å². The van der Waals surface area contributed by atoms with E-state index in [4.69, 9.17) is 14.9 Å². The first-order chi connectivity index (χ1) is 10.3. The number of hydrogen-bond donors (Lipinski definition) is 1. The lowest BCUT2D eigenvalue weighted by Gasteiger charge is -2.30. The van der Waals surface area contributed by atoms with Gasteiger partial charge in [-0.3, -0.25) is 4.90 Å². The van der Waals surface area contributed by atoms with Gasteiger partial charge in [-0.1, -0.05) is 12.1 Å². The Morgan fingerprint density at radius 3 is 2.57 bits per heavy atom. The molecule has 0 saturated heterocycles. The number of furan rings is 1. The molecule has 4 nitrogen and oxygen atoms in total. The van der Waals surface area contributed by atoms with E-state index in [1.54, 1.807) is 13.4 Å². The third-order valence-corrected chi connectivity index (χ3v) is 4.06. The number of benzene rings is 1. The Balaban J connectivity index is 1.80. The average Bonchev–Trinajstić information content (AvgIpc) is 3.25. The second-order valence-corrected chi connectivity index (χ2v) is 5.51. The van der Waals surface area contributed by atoms with Crippen molar-refractivity contribution in [3.8, 4) is 5.75 Å². The molecule has 0 amide bonds. The molecule has 21 heavy (non-hydrogen) atoms. The summed E-state index contributed by atoms with van der Waals surface area (Å²) < 4.78 is 10.7. The molecule has 0 aliphatic heterocycles. The molecule has 1 aliphatic rings. The van der Waals surface area contributed by atoms with Gasteiger partial charge in [0.15, 0.2) is 0 Å². The van der Waals surface area contributed by atoms with E-state index in [1.807, 2.05) is 24.3 Å². The highest BCUT2D eigenvalue weighted by atomic mass is 16.5. The Kier molecular flexibility index (Phi) is 4.27. The Hall–Kier alpha value is -1.78. The minimum absolute atomic E-state index is 0.216. The smallest absolute Gasteiger partial charge is 0.118 e. The van der Waals surface area contributed by atoms with Crippen molar-refractivity contribution in [2.75, 3.05) is 13.7 Å². The van der Waals surface area contributed by atoms with E-state index in [0.717, 1.165) is 18.1 Å². The molecule has 1 aromatic carbocycles. The zero-order valence-corrected chi connectivity index (χ0v) is 12.4. The standard InChI is InChI=1S/C17H22N2O2/c1-20-15-8-4-13(5-9-15)17(11-18)19(14-6-7-14)12-16-3-2-10-21-16/h2-5,8-10,14,17H,6-7,11-12,18H2,1H3. The number of methoxy groups -OCH3 is 1. The zero-order chi connectivity index (χ0) is 14.7. The molecular formula is C17H22N2O2. The maximum atomic E-state index is 6.07. The topological polar surface area (TPSA) is 51.6 Å². The average molecular weight is 286 g/mol. The van der Waals surface area contributed by atoms with Gasteiger partial charge >= 0.3 is 0 Å². The van der Waals surface area contributed by atoms with Crippen LogP contribution in [-0.2, 0) is 6.54 Å². The van der Waals surface area contributed by atoms with Crippen LogP contribution in [0.5, 0.6) is 5.75 Å². The number of rotatable bonds is 7. The molecule has 0 bridgehead atoms. The first kappa shape index (κ1) is 14.2. The Bertz CT molecular complexity index is 547. The monoisotopic (exact) mass is 286 g/mol. The second kappa shape index (κ2) is 6.33. The lowest BCUT2D eigenvalue weighted by molar-refractivity contribution is 0.168. The number of ether oxygens (including phenoxy) is 1. The van der Waals surface area contributed by atoms with Gasteiger partial charge in [-0.15, -0.1) is 0 Å². The fourth-order valence-corrected chi connectivity index (χ4v) is 2.77. The fraction of sp³-hybridized carbons (Fsp3) is 0.412. The van der Waals surface area contributed by atoms with Crippen LogP contribution in [0.3, 0.4) is 0 Å². The van der Waals surface area contributed by atoms with Crippen LogP contribution in [0, 0.1) is 0 Å².